The minimum absolute atomic E-state index is 0.602. The number of aromatic nitrogens is 2. The molecule has 0 bridgehead atoms. The third kappa shape index (κ3) is 4.26. The van der Waals surface area contributed by atoms with Crippen LogP contribution in [0.3, 0.4) is 0 Å². The van der Waals surface area contributed by atoms with Gasteiger partial charge in [0.25, 0.3) is 0 Å². The SMILES string of the molecule is C=CCc1ccccc1OCCn1c(CN2CCOCC2)nc2ccccc21. The molecule has 0 atom stereocenters. The number of para-hydroxylation sites is 3. The van der Waals surface area contributed by atoms with Gasteiger partial charge in [0.05, 0.1) is 37.3 Å². The van der Waals surface area contributed by atoms with Crippen molar-refractivity contribution in [2.24, 2.45) is 0 Å². The van der Waals surface area contributed by atoms with Crippen molar-refractivity contribution in [2.75, 3.05) is 32.9 Å². The van der Waals surface area contributed by atoms with Crippen LogP contribution in [0.15, 0.2) is 61.2 Å². The van der Waals surface area contributed by atoms with Crippen molar-refractivity contribution in [3.8, 4) is 5.75 Å². The molecule has 0 amide bonds. The fourth-order valence-electron chi connectivity index (χ4n) is 3.67. The molecule has 5 heteroatoms. The fraction of sp³-hybridized carbons (Fsp3) is 0.348. The van der Waals surface area contributed by atoms with E-state index in [-0.39, 0.29) is 0 Å². The van der Waals surface area contributed by atoms with Crippen molar-refractivity contribution in [1.82, 2.24) is 14.5 Å². The molecule has 0 radical (unpaired) electrons. The van der Waals surface area contributed by atoms with Crippen molar-refractivity contribution >= 4 is 11.0 Å². The van der Waals surface area contributed by atoms with E-state index in [1.54, 1.807) is 0 Å². The fourth-order valence-corrected chi connectivity index (χ4v) is 3.67. The van der Waals surface area contributed by atoms with Gasteiger partial charge in [-0.15, -0.1) is 6.58 Å². The first-order valence-corrected chi connectivity index (χ1v) is 9.91. The molecule has 1 aliphatic heterocycles. The molecule has 1 saturated heterocycles. The van der Waals surface area contributed by atoms with Crippen molar-refractivity contribution in [1.29, 1.82) is 0 Å². The second kappa shape index (κ2) is 9.04. The molecule has 0 N–H and O–H groups in total. The average Bonchev–Trinajstić information content (AvgIpc) is 3.07. The summed E-state index contributed by atoms with van der Waals surface area (Å²) in [5, 5.41) is 0. The second-order valence-corrected chi connectivity index (χ2v) is 7.01. The number of rotatable bonds is 8. The number of ether oxygens (including phenoxy) is 2. The number of morpholine rings is 1. The Kier molecular flexibility index (Phi) is 6.04. The van der Waals surface area contributed by atoms with Crippen LogP contribution in [-0.4, -0.2) is 47.4 Å². The van der Waals surface area contributed by atoms with Crippen molar-refractivity contribution < 1.29 is 9.47 Å². The largest absolute Gasteiger partial charge is 0.491 e. The second-order valence-electron chi connectivity index (χ2n) is 7.01. The molecular weight excluding hydrogens is 350 g/mol. The van der Waals surface area contributed by atoms with Crippen LogP contribution >= 0.6 is 0 Å². The van der Waals surface area contributed by atoms with Crippen LogP contribution in [-0.2, 0) is 24.2 Å². The molecule has 4 rings (SSSR count). The zero-order chi connectivity index (χ0) is 19.2. The topological polar surface area (TPSA) is 39.5 Å². The van der Waals surface area contributed by atoms with Gasteiger partial charge in [-0.05, 0) is 30.2 Å². The van der Waals surface area contributed by atoms with Crippen molar-refractivity contribution in [3.63, 3.8) is 0 Å². The lowest BCUT2D eigenvalue weighted by molar-refractivity contribution is 0.0326. The normalized spacial score (nSPS) is 15.0. The predicted molar refractivity (Wildman–Crippen MR) is 112 cm³/mol. The summed E-state index contributed by atoms with van der Waals surface area (Å²) in [4.78, 5) is 7.30. The Labute approximate surface area is 166 Å². The van der Waals surface area contributed by atoms with E-state index >= 15 is 0 Å². The van der Waals surface area contributed by atoms with E-state index in [0.29, 0.717) is 6.61 Å². The van der Waals surface area contributed by atoms with Gasteiger partial charge in [-0.1, -0.05) is 36.4 Å². The summed E-state index contributed by atoms with van der Waals surface area (Å²) >= 11 is 0. The maximum atomic E-state index is 6.13. The summed E-state index contributed by atoms with van der Waals surface area (Å²) < 4.78 is 13.9. The van der Waals surface area contributed by atoms with Crippen LogP contribution in [0.5, 0.6) is 5.75 Å². The maximum Gasteiger partial charge on any atom is 0.124 e. The standard InChI is InChI=1S/C23H27N3O2/c1-2-7-19-8-3-6-11-22(19)28-17-14-26-21-10-5-4-9-20(21)24-23(26)18-25-12-15-27-16-13-25/h2-6,8-11H,1,7,12-18H2. The van der Waals surface area contributed by atoms with Crippen LogP contribution in [0.4, 0.5) is 0 Å². The van der Waals surface area contributed by atoms with E-state index in [1.807, 2.05) is 30.3 Å². The molecular formula is C23H27N3O2. The summed E-state index contributed by atoms with van der Waals surface area (Å²) in [5.74, 6) is 2.02. The Bertz CT molecular complexity index is 928. The third-order valence-corrected chi connectivity index (χ3v) is 5.11. The zero-order valence-corrected chi connectivity index (χ0v) is 16.2. The summed E-state index contributed by atoms with van der Waals surface area (Å²) in [5.41, 5.74) is 3.37. The molecule has 3 aromatic rings. The molecule has 1 aliphatic rings. The first-order valence-electron chi connectivity index (χ1n) is 9.91. The van der Waals surface area contributed by atoms with Gasteiger partial charge in [-0.25, -0.2) is 4.98 Å². The highest BCUT2D eigenvalue weighted by molar-refractivity contribution is 5.75. The summed E-state index contributed by atoms with van der Waals surface area (Å²) in [6, 6.07) is 16.5. The Hall–Kier alpha value is -2.63. The Morgan fingerprint density at radius 3 is 2.71 bits per heavy atom. The minimum Gasteiger partial charge on any atom is -0.491 e. The van der Waals surface area contributed by atoms with Crippen LogP contribution in [0.2, 0.25) is 0 Å². The van der Waals surface area contributed by atoms with Crippen molar-refractivity contribution in [2.45, 2.75) is 19.5 Å². The molecule has 146 valence electrons. The van der Waals surface area contributed by atoms with Crippen LogP contribution in [0, 0.1) is 0 Å². The minimum atomic E-state index is 0.602. The first kappa shape index (κ1) is 18.7. The molecule has 5 nitrogen and oxygen atoms in total. The predicted octanol–water partition coefficient (Wildman–Crippen LogP) is 3.68. The molecule has 0 aliphatic carbocycles. The number of hydrogen-bond donors (Lipinski definition) is 0. The van der Waals surface area contributed by atoms with E-state index < -0.39 is 0 Å². The van der Waals surface area contributed by atoms with E-state index in [9.17, 15) is 0 Å². The molecule has 1 fully saturated rings. The Morgan fingerprint density at radius 1 is 1.07 bits per heavy atom. The highest BCUT2D eigenvalue weighted by Crippen LogP contribution is 2.21. The van der Waals surface area contributed by atoms with Gasteiger partial charge < -0.3 is 14.0 Å². The Balaban J connectivity index is 1.50. The van der Waals surface area contributed by atoms with Gasteiger partial charge >= 0.3 is 0 Å². The highest BCUT2D eigenvalue weighted by Gasteiger charge is 2.16. The number of fused-ring (bicyclic) bond motifs is 1. The number of benzene rings is 2. The van der Waals surface area contributed by atoms with Gasteiger partial charge in [0, 0.05) is 13.1 Å². The lowest BCUT2D eigenvalue weighted by Crippen LogP contribution is -2.36. The molecule has 28 heavy (non-hydrogen) atoms. The lowest BCUT2D eigenvalue weighted by atomic mass is 10.1. The van der Waals surface area contributed by atoms with E-state index in [1.165, 1.54) is 5.56 Å². The highest BCUT2D eigenvalue weighted by atomic mass is 16.5. The Morgan fingerprint density at radius 2 is 1.86 bits per heavy atom. The van der Waals surface area contributed by atoms with E-state index in [4.69, 9.17) is 14.5 Å². The van der Waals surface area contributed by atoms with Crippen LogP contribution in [0.25, 0.3) is 11.0 Å². The third-order valence-electron chi connectivity index (χ3n) is 5.11. The van der Waals surface area contributed by atoms with Gasteiger partial charge in [0.1, 0.15) is 18.2 Å². The summed E-state index contributed by atoms with van der Waals surface area (Å²) in [6.45, 7) is 9.54. The summed E-state index contributed by atoms with van der Waals surface area (Å²) in [6.07, 6.45) is 2.72. The average molecular weight is 377 g/mol. The van der Waals surface area contributed by atoms with Gasteiger partial charge in [0.2, 0.25) is 0 Å². The van der Waals surface area contributed by atoms with Crippen LogP contribution < -0.4 is 4.74 Å². The number of nitrogens with zero attached hydrogens (tertiary/aromatic N) is 3. The molecule has 0 saturated carbocycles. The lowest BCUT2D eigenvalue weighted by Gasteiger charge is -2.26. The van der Waals surface area contributed by atoms with Gasteiger partial charge in [0.15, 0.2) is 0 Å². The van der Waals surface area contributed by atoms with Gasteiger partial charge in [-0.2, -0.15) is 0 Å². The van der Waals surface area contributed by atoms with Crippen LogP contribution in [0.1, 0.15) is 11.4 Å². The first-order chi connectivity index (χ1) is 13.8. The number of imidazole rings is 1. The molecule has 2 heterocycles. The quantitative estimate of drug-likeness (QED) is 0.562. The van der Waals surface area contributed by atoms with E-state index in [2.05, 4.69) is 40.3 Å². The van der Waals surface area contributed by atoms with Gasteiger partial charge in [-0.3, -0.25) is 4.90 Å². The molecule has 0 spiro atoms. The number of allylic oxidation sites excluding steroid dienone is 1. The molecule has 1 aromatic heterocycles. The smallest absolute Gasteiger partial charge is 0.124 e. The summed E-state index contributed by atoms with van der Waals surface area (Å²) in [7, 11) is 0. The maximum absolute atomic E-state index is 6.13. The molecule has 2 aromatic carbocycles. The zero-order valence-electron chi connectivity index (χ0n) is 16.2. The monoisotopic (exact) mass is 377 g/mol. The molecule has 0 unspecified atom stereocenters. The number of hydrogen-bond acceptors (Lipinski definition) is 4. The van der Waals surface area contributed by atoms with Crippen molar-refractivity contribution in [3.05, 3.63) is 72.6 Å². The van der Waals surface area contributed by atoms with E-state index in [0.717, 1.165) is 68.4 Å².